The van der Waals surface area contributed by atoms with Crippen LogP contribution in [0, 0.1) is 0 Å². The number of amides is 5. The number of hydrazine groups is 1. The van der Waals surface area contributed by atoms with Gasteiger partial charge in [0.1, 0.15) is 17.5 Å². The molecule has 6 N–H and O–H groups in total. The van der Waals surface area contributed by atoms with E-state index >= 15 is 0 Å². The quantitative estimate of drug-likeness (QED) is 0.0609. The van der Waals surface area contributed by atoms with Gasteiger partial charge in [-0.05, 0) is 96.3 Å². The molecule has 3 aliphatic rings. The number of hydrogen-bond acceptors (Lipinski definition) is 11. The zero-order chi connectivity index (χ0) is 44.9. The van der Waals surface area contributed by atoms with Crippen molar-refractivity contribution in [1.29, 1.82) is 0 Å². The number of nitrogens with one attached hydrogen (secondary N) is 2. The normalized spacial score (nSPS) is 17.1. The molecule has 0 bridgehead atoms. The molecule has 1 aromatic heterocycles. The lowest BCUT2D eigenvalue weighted by Gasteiger charge is -2.35. The van der Waals surface area contributed by atoms with Crippen LogP contribution in [-0.4, -0.2) is 124 Å². The summed E-state index contributed by atoms with van der Waals surface area (Å²) in [4.78, 5) is 75.9. The summed E-state index contributed by atoms with van der Waals surface area (Å²) in [5.41, 5.74) is 14.1. The van der Waals surface area contributed by atoms with Crippen molar-refractivity contribution in [3.05, 3.63) is 89.9 Å². The summed E-state index contributed by atoms with van der Waals surface area (Å²) >= 11 is 0. The smallest absolute Gasteiger partial charge is 0.269 e. The van der Waals surface area contributed by atoms with E-state index in [0.29, 0.717) is 49.6 Å². The number of benzene rings is 3. The van der Waals surface area contributed by atoms with Crippen LogP contribution in [0.3, 0.4) is 0 Å². The van der Waals surface area contributed by atoms with Crippen LogP contribution in [0.5, 0.6) is 5.75 Å². The molecule has 4 aromatic rings. The zero-order valence-corrected chi connectivity index (χ0v) is 36.7. The highest BCUT2D eigenvalue weighted by Crippen LogP contribution is 2.42. The largest absolute Gasteiger partial charge is 0.496 e. The standard InChI is InChI=1S/C47H58N10O6/c1-52(2)42-25-31(8-11-40(42)57(29-58)41-12-13-44(59)51-46(41)61)30-14-19-54(20-15-30)34-9-10-35(43(26-34)63-5)36-23-33(24-38-37(36)27-39(50-38)47(62)53(3)4)32-7-6-18-55(28-32)45(60)16-21-56(49)22-17-48/h7-11,17,22-27,29-30,41,50H,6,12-16,18-21,28,48-49H2,1-5H3,(H,51,59,61)/b22-17-. The predicted octanol–water partition coefficient (Wildman–Crippen LogP) is 4.37. The van der Waals surface area contributed by atoms with Crippen LogP contribution in [0.25, 0.3) is 27.6 Å². The summed E-state index contributed by atoms with van der Waals surface area (Å²) in [5, 5.41) is 4.65. The number of H-pyrrole nitrogens is 1. The van der Waals surface area contributed by atoms with Crippen molar-refractivity contribution >= 4 is 63.6 Å². The Labute approximate surface area is 368 Å². The van der Waals surface area contributed by atoms with Gasteiger partial charge in [0, 0.05) is 114 Å². The number of imide groups is 1. The number of rotatable bonds is 14. The Kier molecular flexibility index (Phi) is 13.4. The lowest BCUT2D eigenvalue weighted by atomic mass is 9.88. The van der Waals surface area contributed by atoms with Crippen LogP contribution in [-0.2, 0) is 19.2 Å². The number of nitrogens with zero attached hydrogens (tertiary/aromatic N) is 6. The summed E-state index contributed by atoms with van der Waals surface area (Å²) in [7, 11) is 8.96. The molecule has 2 fully saturated rings. The highest BCUT2D eigenvalue weighted by Gasteiger charge is 2.34. The van der Waals surface area contributed by atoms with Gasteiger partial charge in [-0.15, -0.1) is 0 Å². The Morgan fingerprint density at radius 1 is 0.937 bits per heavy atom. The van der Waals surface area contributed by atoms with Crippen molar-refractivity contribution in [2.24, 2.45) is 11.6 Å². The van der Waals surface area contributed by atoms with Gasteiger partial charge in [0.2, 0.25) is 24.1 Å². The van der Waals surface area contributed by atoms with Gasteiger partial charge in [0.25, 0.3) is 5.91 Å². The van der Waals surface area contributed by atoms with Gasteiger partial charge in [-0.1, -0.05) is 12.1 Å². The number of aromatic amines is 1. The maximum atomic E-state index is 13.3. The first-order valence-corrected chi connectivity index (χ1v) is 21.4. The number of piperidine rings is 2. The minimum atomic E-state index is -0.754. The summed E-state index contributed by atoms with van der Waals surface area (Å²) in [5.74, 6) is 5.97. The Morgan fingerprint density at radius 2 is 1.71 bits per heavy atom. The van der Waals surface area contributed by atoms with Crippen LogP contribution in [0.4, 0.5) is 17.1 Å². The molecule has 3 aromatic carbocycles. The molecule has 4 heterocycles. The maximum Gasteiger partial charge on any atom is 0.269 e. The van der Waals surface area contributed by atoms with E-state index in [1.165, 1.54) is 22.3 Å². The van der Waals surface area contributed by atoms with Crippen molar-refractivity contribution in [2.45, 2.75) is 50.5 Å². The Bertz CT molecular complexity index is 2450. The first-order valence-electron chi connectivity index (χ1n) is 21.4. The molecule has 3 aliphatic heterocycles. The molecule has 63 heavy (non-hydrogen) atoms. The van der Waals surface area contributed by atoms with Crippen LogP contribution in [0.2, 0.25) is 0 Å². The fourth-order valence-electron chi connectivity index (χ4n) is 8.92. The third kappa shape index (κ3) is 9.50. The molecule has 16 heteroatoms. The molecular formula is C47H58N10O6. The highest BCUT2D eigenvalue weighted by molar-refractivity contribution is 6.06. The molecule has 2 saturated heterocycles. The molecule has 332 valence electrons. The number of aromatic nitrogens is 1. The second-order valence-corrected chi connectivity index (χ2v) is 16.8. The van der Waals surface area contributed by atoms with Gasteiger partial charge < -0.3 is 45.0 Å². The lowest BCUT2D eigenvalue weighted by Crippen LogP contribution is -2.52. The second-order valence-electron chi connectivity index (χ2n) is 16.8. The van der Waals surface area contributed by atoms with Crippen LogP contribution in [0.1, 0.15) is 66.1 Å². The van der Waals surface area contributed by atoms with Gasteiger partial charge in [0.05, 0.1) is 18.5 Å². The average Bonchev–Trinajstić information content (AvgIpc) is 3.73. The molecule has 7 rings (SSSR count). The van der Waals surface area contributed by atoms with E-state index in [1.807, 2.05) is 42.1 Å². The van der Waals surface area contributed by atoms with E-state index in [-0.39, 0.29) is 42.9 Å². The predicted molar refractivity (Wildman–Crippen MR) is 246 cm³/mol. The second kappa shape index (κ2) is 19.1. The van der Waals surface area contributed by atoms with Crippen LogP contribution < -0.4 is 36.3 Å². The van der Waals surface area contributed by atoms with E-state index in [2.05, 4.69) is 57.7 Å². The monoisotopic (exact) mass is 858 g/mol. The van der Waals surface area contributed by atoms with Crippen molar-refractivity contribution in [3.8, 4) is 16.9 Å². The van der Waals surface area contributed by atoms with Crippen molar-refractivity contribution in [1.82, 2.24) is 25.1 Å². The number of nitrogens with two attached hydrogens (primary N) is 2. The van der Waals surface area contributed by atoms with Crippen molar-refractivity contribution < 1.29 is 28.7 Å². The minimum absolute atomic E-state index is 0.00647. The molecule has 1 unspecified atom stereocenters. The van der Waals surface area contributed by atoms with E-state index in [9.17, 15) is 24.0 Å². The number of fused-ring (bicyclic) bond motifs is 1. The third-order valence-corrected chi connectivity index (χ3v) is 12.3. The maximum absolute atomic E-state index is 13.3. The van der Waals surface area contributed by atoms with E-state index in [4.69, 9.17) is 16.3 Å². The third-order valence-electron chi connectivity index (χ3n) is 12.3. The molecule has 0 radical (unpaired) electrons. The molecule has 0 aliphatic carbocycles. The van der Waals surface area contributed by atoms with E-state index < -0.39 is 11.9 Å². The summed E-state index contributed by atoms with van der Waals surface area (Å²) in [6, 6.07) is 17.7. The fourth-order valence-corrected chi connectivity index (χ4v) is 8.92. The molecule has 1 atom stereocenters. The number of methoxy groups -OCH3 is 1. The Balaban J connectivity index is 1.12. The van der Waals surface area contributed by atoms with Gasteiger partial charge in [-0.3, -0.25) is 29.3 Å². The topological polar surface area (TPSA) is 194 Å². The van der Waals surface area contributed by atoms with Gasteiger partial charge in [-0.25, -0.2) is 5.84 Å². The number of carbonyl (C=O) groups is 5. The lowest BCUT2D eigenvalue weighted by molar-refractivity contribution is -0.135. The first-order chi connectivity index (χ1) is 30.3. The molecule has 16 nitrogen and oxygen atoms in total. The Morgan fingerprint density at radius 3 is 2.40 bits per heavy atom. The SMILES string of the molecule is COc1cc(N2CCC(c3ccc(N(C=O)C4CCC(=O)NC4=O)c(N(C)C)c3)CC2)ccc1-c1cc(C2=CCCN(C(=O)CCN(N)/C=C\N)C2)cc2[nH]c(C(=O)N(C)C)cc12. The fraction of sp³-hybridized carbons (Fsp3) is 0.383. The number of anilines is 3. The van der Waals surface area contributed by atoms with E-state index in [0.717, 1.165) is 76.0 Å². The van der Waals surface area contributed by atoms with Crippen LogP contribution >= 0.6 is 0 Å². The van der Waals surface area contributed by atoms with Gasteiger partial charge in [-0.2, -0.15) is 0 Å². The summed E-state index contributed by atoms with van der Waals surface area (Å²) < 4.78 is 6.11. The molecule has 0 spiro atoms. The minimum Gasteiger partial charge on any atom is -0.496 e. The Hall–Kier alpha value is -6.81. The van der Waals surface area contributed by atoms with Crippen molar-refractivity contribution in [3.63, 3.8) is 0 Å². The van der Waals surface area contributed by atoms with Gasteiger partial charge in [0.15, 0.2) is 0 Å². The van der Waals surface area contributed by atoms with Gasteiger partial charge >= 0.3 is 0 Å². The number of ether oxygens (including phenoxy) is 1. The zero-order valence-electron chi connectivity index (χ0n) is 36.7. The average molecular weight is 859 g/mol. The number of carbonyl (C=O) groups excluding carboxylic acids is 5. The highest BCUT2D eigenvalue weighted by atomic mass is 16.5. The van der Waals surface area contributed by atoms with Crippen LogP contribution in [0.15, 0.2) is 73.1 Å². The van der Waals surface area contributed by atoms with Crippen molar-refractivity contribution in [2.75, 3.05) is 82.7 Å². The molecule has 5 amide bonds. The molecular weight excluding hydrogens is 801 g/mol. The first kappa shape index (κ1) is 44.3. The van der Waals surface area contributed by atoms with E-state index in [1.54, 1.807) is 26.1 Å². The molecule has 0 saturated carbocycles. The number of hydrogen-bond donors (Lipinski definition) is 4. The summed E-state index contributed by atoms with van der Waals surface area (Å²) in [6.07, 6.45) is 8.95. The summed E-state index contributed by atoms with van der Waals surface area (Å²) in [6.45, 7) is 3.03.